The van der Waals surface area contributed by atoms with Crippen LogP contribution in [0.1, 0.15) is 11.1 Å². The molecule has 0 spiro atoms. The van der Waals surface area contributed by atoms with Gasteiger partial charge in [-0.3, -0.25) is 15.1 Å². The second-order valence-electron chi connectivity index (χ2n) is 6.63. The van der Waals surface area contributed by atoms with E-state index >= 15 is 0 Å². The van der Waals surface area contributed by atoms with Gasteiger partial charge >= 0.3 is 5.69 Å². The van der Waals surface area contributed by atoms with Gasteiger partial charge in [-0.25, -0.2) is 15.0 Å². The largest absolute Gasteiger partial charge is 0.360 e. The van der Waals surface area contributed by atoms with Crippen molar-refractivity contribution in [1.82, 2.24) is 19.9 Å². The number of aromatic nitrogens is 4. The minimum atomic E-state index is -0.470. The van der Waals surface area contributed by atoms with Crippen LogP contribution < -0.4 is 10.2 Å². The Morgan fingerprint density at radius 3 is 2.42 bits per heavy atom. The molecule has 4 aromatic rings. The molecular weight excluding hydrogens is 394 g/mol. The maximum absolute atomic E-state index is 12.1. The van der Waals surface area contributed by atoms with Crippen LogP contribution in [-0.2, 0) is 13.1 Å². The zero-order valence-electron chi connectivity index (χ0n) is 16.5. The van der Waals surface area contributed by atoms with Gasteiger partial charge in [0.2, 0.25) is 11.6 Å². The number of pyridine rings is 2. The lowest BCUT2D eigenvalue weighted by Crippen LogP contribution is -2.21. The second kappa shape index (κ2) is 9.40. The number of nitrogens with one attached hydrogen (secondary N) is 1. The SMILES string of the molecule is O=[N+]([O-])c1c(NCc2cccnc2)ncnc1N(Cc1ccccc1)c1ccccn1. The third kappa shape index (κ3) is 4.78. The van der Waals surface area contributed by atoms with E-state index in [-0.39, 0.29) is 17.3 Å². The Balaban J connectivity index is 1.74. The predicted molar refractivity (Wildman–Crippen MR) is 117 cm³/mol. The summed E-state index contributed by atoms with van der Waals surface area (Å²) in [6, 6.07) is 18.7. The molecule has 0 aliphatic rings. The van der Waals surface area contributed by atoms with Crippen molar-refractivity contribution < 1.29 is 4.92 Å². The molecule has 1 aromatic carbocycles. The van der Waals surface area contributed by atoms with Crippen molar-refractivity contribution in [3.8, 4) is 0 Å². The van der Waals surface area contributed by atoms with Crippen LogP contribution in [0.5, 0.6) is 0 Å². The van der Waals surface area contributed by atoms with Crippen molar-refractivity contribution in [3.05, 3.63) is 107 Å². The highest BCUT2D eigenvalue weighted by Crippen LogP contribution is 2.36. The minimum Gasteiger partial charge on any atom is -0.360 e. The summed E-state index contributed by atoms with van der Waals surface area (Å²) >= 11 is 0. The fourth-order valence-electron chi connectivity index (χ4n) is 3.10. The van der Waals surface area contributed by atoms with E-state index < -0.39 is 4.92 Å². The van der Waals surface area contributed by atoms with E-state index in [9.17, 15) is 10.1 Å². The summed E-state index contributed by atoms with van der Waals surface area (Å²) in [5, 5.41) is 15.1. The van der Waals surface area contributed by atoms with Crippen LogP contribution in [0.15, 0.2) is 85.6 Å². The normalized spacial score (nSPS) is 10.5. The molecule has 0 aliphatic heterocycles. The van der Waals surface area contributed by atoms with Crippen molar-refractivity contribution in [2.75, 3.05) is 10.2 Å². The van der Waals surface area contributed by atoms with Crippen LogP contribution >= 0.6 is 0 Å². The Bertz CT molecular complexity index is 1140. The zero-order valence-corrected chi connectivity index (χ0v) is 16.5. The summed E-state index contributed by atoms with van der Waals surface area (Å²) in [7, 11) is 0. The fraction of sp³-hybridized carbons (Fsp3) is 0.0909. The van der Waals surface area contributed by atoms with Gasteiger partial charge in [-0.1, -0.05) is 42.5 Å². The van der Waals surface area contributed by atoms with E-state index in [0.717, 1.165) is 11.1 Å². The van der Waals surface area contributed by atoms with Gasteiger partial charge in [0.1, 0.15) is 12.1 Å². The van der Waals surface area contributed by atoms with Gasteiger partial charge in [0.15, 0.2) is 0 Å². The smallest absolute Gasteiger partial charge is 0.353 e. The predicted octanol–water partition coefficient (Wildman–Crippen LogP) is 4.13. The lowest BCUT2D eigenvalue weighted by molar-refractivity contribution is -0.383. The molecule has 0 saturated heterocycles. The van der Waals surface area contributed by atoms with E-state index in [0.29, 0.717) is 18.9 Å². The molecule has 0 bridgehead atoms. The second-order valence-corrected chi connectivity index (χ2v) is 6.63. The van der Waals surface area contributed by atoms with Crippen LogP contribution in [0.2, 0.25) is 0 Å². The van der Waals surface area contributed by atoms with E-state index in [1.54, 1.807) is 41.7 Å². The number of nitrogens with zero attached hydrogens (tertiary/aromatic N) is 6. The van der Waals surface area contributed by atoms with Crippen LogP contribution in [-0.4, -0.2) is 24.9 Å². The van der Waals surface area contributed by atoms with Crippen LogP contribution in [0, 0.1) is 10.1 Å². The van der Waals surface area contributed by atoms with Crippen molar-refractivity contribution in [1.29, 1.82) is 0 Å². The van der Waals surface area contributed by atoms with E-state index in [1.807, 2.05) is 42.5 Å². The molecule has 0 atom stereocenters. The average molecular weight is 413 g/mol. The van der Waals surface area contributed by atoms with Gasteiger partial charge in [-0.2, -0.15) is 0 Å². The summed E-state index contributed by atoms with van der Waals surface area (Å²) in [5.74, 6) is 0.843. The summed E-state index contributed by atoms with van der Waals surface area (Å²) in [5.41, 5.74) is 1.63. The van der Waals surface area contributed by atoms with Crippen molar-refractivity contribution >= 4 is 23.1 Å². The molecule has 9 nitrogen and oxygen atoms in total. The molecule has 3 aromatic heterocycles. The van der Waals surface area contributed by atoms with E-state index in [2.05, 4.69) is 25.3 Å². The topological polar surface area (TPSA) is 110 Å². The highest BCUT2D eigenvalue weighted by Gasteiger charge is 2.28. The minimum absolute atomic E-state index is 0.132. The van der Waals surface area contributed by atoms with Crippen molar-refractivity contribution in [2.45, 2.75) is 13.1 Å². The molecule has 0 amide bonds. The monoisotopic (exact) mass is 413 g/mol. The molecule has 3 heterocycles. The summed E-state index contributed by atoms with van der Waals surface area (Å²) in [6.45, 7) is 0.700. The van der Waals surface area contributed by atoms with Crippen LogP contribution in [0.4, 0.5) is 23.1 Å². The van der Waals surface area contributed by atoms with Gasteiger partial charge in [0, 0.05) is 25.1 Å². The third-order valence-electron chi connectivity index (χ3n) is 4.53. The van der Waals surface area contributed by atoms with Gasteiger partial charge in [0.05, 0.1) is 11.5 Å². The number of nitro groups is 1. The number of hydrogen-bond donors (Lipinski definition) is 1. The molecular formula is C22H19N7O2. The van der Waals surface area contributed by atoms with Gasteiger partial charge < -0.3 is 10.2 Å². The number of rotatable bonds is 8. The Hall–Kier alpha value is -4.40. The average Bonchev–Trinajstić information content (AvgIpc) is 2.83. The molecule has 0 radical (unpaired) electrons. The van der Waals surface area contributed by atoms with Crippen molar-refractivity contribution in [3.63, 3.8) is 0 Å². The molecule has 1 N–H and O–H groups in total. The first-order chi connectivity index (χ1) is 15.2. The number of hydrogen-bond acceptors (Lipinski definition) is 8. The maximum atomic E-state index is 12.1. The highest BCUT2D eigenvalue weighted by molar-refractivity contribution is 5.74. The zero-order chi connectivity index (χ0) is 21.5. The first-order valence-electron chi connectivity index (χ1n) is 9.57. The number of benzene rings is 1. The van der Waals surface area contributed by atoms with Gasteiger partial charge in [-0.15, -0.1) is 0 Å². The van der Waals surface area contributed by atoms with Gasteiger partial charge in [0.25, 0.3) is 0 Å². The van der Waals surface area contributed by atoms with Crippen molar-refractivity contribution in [2.24, 2.45) is 0 Å². The third-order valence-corrected chi connectivity index (χ3v) is 4.53. The Kier molecular flexibility index (Phi) is 6.03. The summed E-state index contributed by atoms with van der Waals surface area (Å²) in [6.07, 6.45) is 6.32. The molecule has 0 unspecified atom stereocenters. The molecule has 154 valence electrons. The van der Waals surface area contributed by atoms with E-state index in [4.69, 9.17) is 0 Å². The first-order valence-corrected chi connectivity index (χ1v) is 9.57. The van der Waals surface area contributed by atoms with Gasteiger partial charge in [-0.05, 0) is 29.3 Å². The Labute approximate surface area is 178 Å². The Morgan fingerprint density at radius 1 is 0.903 bits per heavy atom. The highest BCUT2D eigenvalue weighted by atomic mass is 16.6. The molecule has 0 aliphatic carbocycles. The summed E-state index contributed by atoms with van der Waals surface area (Å²) in [4.78, 5) is 30.2. The molecule has 4 rings (SSSR count). The molecule has 0 saturated carbocycles. The molecule has 31 heavy (non-hydrogen) atoms. The maximum Gasteiger partial charge on any atom is 0.353 e. The molecule has 0 fully saturated rings. The standard InChI is InChI=1S/C22H19N7O2/c30-29(31)20-21(25-14-18-9-6-11-23-13-18)26-16-27-22(20)28(19-10-4-5-12-24-19)15-17-7-2-1-3-8-17/h1-13,16H,14-15H2,(H,25,26,27). The first kappa shape index (κ1) is 19.9. The molecule has 9 heteroatoms. The Morgan fingerprint density at radius 2 is 1.71 bits per heavy atom. The lowest BCUT2D eigenvalue weighted by Gasteiger charge is -2.23. The fourth-order valence-corrected chi connectivity index (χ4v) is 3.10. The van der Waals surface area contributed by atoms with Crippen LogP contribution in [0.3, 0.4) is 0 Å². The van der Waals surface area contributed by atoms with Crippen LogP contribution in [0.25, 0.3) is 0 Å². The quantitative estimate of drug-likeness (QED) is 0.339. The number of anilines is 3. The van der Waals surface area contributed by atoms with E-state index in [1.165, 1.54) is 6.33 Å². The lowest BCUT2D eigenvalue weighted by atomic mass is 10.2. The summed E-state index contributed by atoms with van der Waals surface area (Å²) < 4.78 is 0.